The first-order chi connectivity index (χ1) is 14.3. The molecule has 0 unspecified atom stereocenters. The zero-order valence-electron chi connectivity index (χ0n) is 15.9. The summed E-state index contributed by atoms with van der Waals surface area (Å²) in [5, 5.41) is 4.12. The average Bonchev–Trinajstić information content (AvgIpc) is 3.24. The quantitative estimate of drug-likeness (QED) is 0.665. The number of carbonyl (C=O) groups excluding carboxylic acids is 1. The Morgan fingerprint density at radius 1 is 1.00 bits per heavy atom. The standard InChI is InChI=1S/C21H22N4O4/c26-20(16-25-10-4-9-23-25)24-11-12-27-13-14-28-18-6-1-2-7-19(18)29-21-17(15-24)5-3-8-22-21/h1-10H,11-16H2. The number of aromatic nitrogens is 3. The molecule has 0 bridgehead atoms. The average molecular weight is 394 g/mol. The minimum atomic E-state index is -0.0568. The summed E-state index contributed by atoms with van der Waals surface area (Å²) in [7, 11) is 0. The van der Waals surface area contributed by atoms with Gasteiger partial charge in [0.2, 0.25) is 11.8 Å². The maximum Gasteiger partial charge on any atom is 0.244 e. The predicted octanol–water partition coefficient (Wildman–Crippen LogP) is 2.51. The SMILES string of the molecule is O=C(Cn1cccn1)N1CCOCCOc2ccccc2Oc2ncccc2C1. The van der Waals surface area contributed by atoms with E-state index in [-0.39, 0.29) is 12.5 Å². The molecule has 3 aromatic rings. The highest BCUT2D eigenvalue weighted by atomic mass is 16.5. The maximum atomic E-state index is 12.9. The Bertz CT molecular complexity index is 945. The first kappa shape index (κ1) is 18.9. The van der Waals surface area contributed by atoms with Gasteiger partial charge in [0, 0.05) is 30.7 Å². The van der Waals surface area contributed by atoms with Gasteiger partial charge >= 0.3 is 0 Å². The van der Waals surface area contributed by atoms with Gasteiger partial charge in [-0.05, 0) is 24.3 Å². The van der Waals surface area contributed by atoms with Gasteiger partial charge in [-0.3, -0.25) is 9.48 Å². The molecule has 29 heavy (non-hydrogen) atoms. The van der Waals surface area contributed by atoms with Crippen LogP contribution < -0.4 is 9.47 Å². The molecule has 1 aliphatic heterocycles. The van der Waals surface area contributed by atoms with Crippen LogP contribution in [0.1, 0.15) is 5.56 Å². The Labute approximate surface area is 168 Å². The molecule has 0 spiro atoms. The normalized spacial score (nSPS) is 14.8. The van der Waals surface area contributed by atoms with Crippen LogP contribution in [0, 0.1) is 0 Å². The second-order valence-corrected chi connectivity index (χ2v) is 6.50. The molecule has 0 aliphatic carbocycles. The number of hydrogen-bond donors (Lipinski definition) is 0. The third-order valence-electron chi connectivity index (χ3n) is 4.47. The Balaban J connectivity index is 1.60. The highest BCUT2D eigenvalue weighted by Gasteiger charge is 2.19. The molecule has 1 amide bonds. The molecule has 1 aromatic carbocycles. The fraction of sp³-hybridized carbons (Fsp3) is 0.286. The molecule has 8 heteroatoms. The number of carbonyl (C=O) groups is 1. The van der Waals surface area contributed by atoms with Crippen LogP contribution in [-0.4, -0.2) is 51.9 Å². The largest absolute Gasteiger partial charge is 0.487 e. The van der Waals surface area contributed by atoms with E-state index in [1.807, 2.05) is 36.4 Å². The van der Waals surface area contributed by atoms with Crippen molar-refractivity contribution in [1.82, 2.24) is 19.7 Å². The summed E-state index contributed by atoms with van der Waals surface area (Å²) in [6, 6.07) is 13.0. The fourth-order valence-electron chi connectivity index (χ4n) is 3.01. The summed E-state index contributed by atoms with van der Waals surface area (Å²) in [6.45, 7) is 2.18. The lowest BCUT2D eigenvalue weighted by atomic mass is 10.2. The molecule has 150 valence electrons. The lowest BCUT2D eigenvalue weighted by Gasteiger charge is -2.23. The van der Waals surface area contributed by atoms with E-state index < -0.39 is 0 Å². The molecule has 0 saturated heterocycles. The van der Waals surface area contributed by atoms with E-state index in [4.69, 9.17) is 14.2 Å². The van der Waals surface area contributed by atoms with Crippen molar-refractivity contribution >= 4 is 5.91 Å². The van der Waals surface area contributed by atoms with Crippen molar-refractivity contribution in [3.05, 3.63) is 66.6 Å². The molecule has 0 N–H and O–H groups in total. The van der Waals surface area contributed by atoms with Crippen molar-refractivity contribution in [3.63, 3.8) is 0 Å². The van der Waals surface area contributed by atoms with E-state index in [1.165, 1.54) is 0 Å². The number of hydrogen-bond acceptors (Lipinski definition) is 6. The fourth-order valence-corrected chi connectivity index (χ4v) is 3.01. The van der Waals surface area contributed by atoms with Crippen LogP contribution >= 0.6 is 0 Å². The van der Waals surface area contributed by atoms with E-state index in [0.717, 1.165) is 5.56 Å². The van der Waals surface area contributed by atoms with Crippen LogP contribution in [0.3, 0.4) is 0 Å². The molecule has 0 radical (unpaired) electrons. The predicted molar refractivity (Wildman–Crippen MR) is 105 cm³/mol. The summed E-state index contributed by atoms with van der Waals surface area (Å²) in [5.41, 5.74) is 0.801. The molecule has 4 rings (SSSR count). The molecular formula is C21H22N4O4. The van der Waals surface area contributed by atoms with Gasteiger partial charge in [-0.2, -0.15) is 5.10 Å². The summed E-state index contributed by atoms with van der Waals surface area (Å²) < 4.78 is 19.1. The minimum absolute atomic E-state index is 0.0568. The number of fused-ring (bicyclic) bond motifs is 2. The highest BCUT2D eigenvalue weighted by molar-refractivity contribution is 5.76. The van der Waals surface area contributed by atoms with E-state index in [2.05, 4.69) is 10.1 Å². The number of nitrogens with zero attached hydrogens (tertiary/aromatic N) is 4. The van der Waals surface area contributed by atoms with Crippen molar-refractivity contribution in [2.24, 2.45) is 0 Å². The monoisotopic (exact) mass is 394 g/mol. The molecule has 2 aromatic heterocycles. The number of rotatable bonds is 2. The van der Waals surface area contributed by atoms with E-state index in [1.54, 1.807) is 34.2 Å². The molecule has 1 aliphatic rings. The zero-order valence-corrected chi connectivity index (χ0v) is 15.9. The van der Waals surface area contributed by atoms with Gasteiger partial charge < -0.3 is 19.1 Å². The number of benzene rings is 1. The van der Waals surface area contributed by atoms with Crippen LogP contribution in [0.5, 0.6) is 17.4 Å². The maximum absolute atomic E-state index is 12.9. The summed E-state index contributed by atoms with van der Waals surface area (Å²) in [4.78, 5) is 19.0. The summed E-state index contributed by atoms with van der Waals surface area (Å²) in [5.74, 6) is 1.58. The third-order valence-corrected chi connectivity index (χ3v) is 4.47. The van der Waals surface area contributed by atoms with Crippen molar-refractivity contribution in [1.29, 1.82) is 0 Å². The van der Waals surface area contributed by atoms with Gasteiger partial charge in [0.25, 0.3) is 0 Å². The van der Waals surface area contributed by atoms with Gasteiger partial charge in [-0.1, -0.05) is 18.2 Å². The Morgan fingerprint density at radius 2 is 1.90 bits per heavy atom. The lowest BCUT2D eigenvalue weighted by molar-refractivity contribution is -0.133. The van der Waals surface area contributed by atoms with Crippen LogP contribution in [-0.2, 0) is 22.6 Å². The van der Waals surface area contributed by atoms with Crippen LogP contribution in [0.4, 0.5) is 0 Å². The smallest absolute Gasteiger partial charge is 0.244 e. The number of para-hydroxylation sites is 2. The highest BCUT2D eigenvalue weighted by Crippen LogP contribution is 2.32. The second-order valence-electron chi connectivity index (χ2n) is 6.50. The molecule has 3 heterocycles. The number of ether oxygens (including phenoxy) is 3. The Morgan fingerprint density at radius 3 is 2.76 bits per heavy atom. The molecular weight excluding hydrogens is 372 g/mol. The third kappa shape index (κ3) is 4.91. The Kier molecular flexibility index (Phi) is 6.01. The van der Waals surface area contributed by atoms with Gasteiger partial charge in [0.05, 0.1) is 19.8 Å². The minimum Gasteiger partial charge on any atom is -0.487 e. The first-order valence-electron chi connectivity index (χ1n) is 9.46. The molecule has 8 nitrogen and oxygen atoms in total. The van der Waals surface area contributed by atoms with E-state index in [0.29, 0.717) is 50.3 Å². The van der Waals surface area contributed by atoms with E-state index >= 15 is 0 Å². The number of amides is 1. The topological polar surface area (TPSA) is 78.7 Å². The summed E-state index contributed by atoms with van der Waals surface area (Å²) >= 11 is 0. The van der Waals surface area contributed by atoms with Gasteiger partial charge in [-0.25, -0.2) is 4.98 Å². The van der Waals surface area contributed by atoms with Crippen molar-refractivity contribution in [3.8, 4) is 17.4 Å². The van der Waals surface area contributed by atoms with Crippen LogP contribution in [0.2, 0.25) is 0 Å². The second kappa shape index (κ2) is 9.20. The van der Waals surface area contributed by atoms with Gasteiger partial charge in [0.15, 0.2) is 11.5 Å². The van der Waals surface area contributed by atoms with Crippen molar-refractivity contribution < 1.29 is 19.0 Å². The molecule has 0 saturated carbocycles. The molecule has 0 atom stereocenters. The van der Waals surface area contributed by atoms with Gasteiger partial charge in [0.1, 0.15) is 13.2 Å². The van der Waals surface area contributed by atoms with Crippen LogP contribution in [0.15, 0.2) is 61.1 Å². The van der Waals surface area contributed by atoms with Crippen molar-refractivity contribution in [2.75, 3.05) is 26.4 Å². The van der Waals surface area contributed by atoms with Gasteiger partial charge in [-0.15, -0.1) is 0 Å². The lowest BCUT2D eigenvalue weighted by Crippen LogP contribution is -2.36. The zero-order chi connectivity index (χ0) is 19.9. The number of pyridine rings is 1. The van der Waals surface area contributed by atoms with Crippen LogP contribution in [0.25, 0.3) is 0 Å². The van der Waals surface area contributed by atoms with E-state index in [9.17, 15) is 4.79 Å². The Hall–Kier alpha value is -3.39. The van der Waals surface area contributed by atoms with Crippen molar-refractivity contribution in [2.45, 2.75) is 13.1 Å². The summed E-state index contributed by atoms with van der Waals surface area (Å²) in [6.07, 6.45) is 5.09. The first-order valence-corrected chi connectivity index (χ1v) is 9.46. The molecule has 0 fully saturated rings.